The Morgan fingerprint density at radius 3 is 2.72 bits per heavy atom. The molecule has 0 fully saturated rings. The highest BCUT2D eigenvalue weighted by Crippen LogP contribution is 2.29. The normalized spacial score (nSPS) is 13.5. The van der Waals surface area contributed by atoms with Gasteiger partial charge in [0.05, 0.1) is 22.9 Å². The van der Waals surface area contributed by atoms with Crippen molar-refractivity contribution >= 4 is 44.8 Å². The molecule has 0 saturated heterocycles. The fourth-order valence-electron chi connectivity index (χ4n) is 3.16. The molecule has 1 aromatic carbocycles. The molecule has 2 atom stereocenters. The standard InChI is InChI=1S/C18H15ClFN5O5S2/c1-31(27)25-14(6-8-29-32(2)28)22-16-15(25)11(5-7-21-16)17-23-30-18(26)24(17)10-3-4-13(20)12(19)9-10/h3-5,7,9H,6,8H2,1-2H3. The maximum absolute atomic E-state index is 13.6. The van der Waals surface area contributed by atoms with Gasteiger partial charge >= 0.3 is 5.76 Å². The van der Waals surface area contributed by atoms with Crippen LogP contribution in [0.2, 0.25) is 5.02 Å². The van der Waals surface area contributed by atoms with E-state index in [1.165, 1.54) is 34.8 Å². The zero-order chi connectivity index (χ0) is 23.0. The molecule has 32 heavy (non-hydrogen) atoms. The van der Waals surface area contributed by atoms with Crippen molar-refractivity contribution in [3.05, 3.63) is 57.7 Å². The van der Waals surface area contributed by atoms with E-state index < -0.39 is 33.6 Å². The summed E-state index contributed by atoms with van der Waals surface area (Å²) in [5, 5.41) is 3.68. The number of pyridine rings is 1. The van der Waals surface area contributed by atoms with Crippen LogP contribution in [0.15, 0.2) is 39.8 Å². The molecule has 0 amide bonds. The Morgan fingerprint density at radius 1 is 1.25 bits per heavy atom. The van der Waals surface area contributed by atoms with Gasteiger partial charge in [0, 0.05) is 25.1 Å². The predicted molar refractivity (Wildman–Crippen MR) is 117 cm³/mol. The minimum absolute atomic E-state index is 0.0640. The molecule has 14 heteroatoms. The molecule has 3 heterocycles. The average Bonchev–Trinajstić information content (AvgIpc) is 3.30. The van der Waals surface area contributed by atoms with Crippen molar-refractivity contribution in [2.75, 3.05) is 19.1 Å². The molecule has 0 aliphatic carbocycles. The van der Waals surface area contributed by atoms with Crippen LogP contribution in [0.4, 0.5) is 4.39 Å². The van der Waals surface area contributed by atoms with Gasteiger partial charge in [-0.2, -0.15) is 0 Å². The lowest BCUT2D eigenvalue weighted by Gasteiger charge is -2.09. The van der Waals surface area contributed by atoms with Gasteiger partial charge < -0.3 is 0 Å². The maximum Gasteiger partial charge on any atom is 0.446 e. The van der Waals surface area contributed by atoms with E-state index in [1.54, 1.807) is 6.07 Å². The highest BCUT2D eigenvalue weighted by Gasteiger charge is 2.23. The van der Waals surface area contributed by atoms with Gasteiger partial charge in [-0.3, -0.25) is 8.71 Å². The van der Waals surface area contributed by atoms with Crippen LogP contribution in [0.3, 0.4) is 0 Å². The largest absolute Gasteiger partial charge is 0.446 e. The zero-order valence-electron chi connectivity index (χ0n) is 16.7. The molecular formula is C18H15ClFN5O5S2. The van der Waals surface area contributed by atoms with Gasteiger partial charge in [0.2, 0.25) is 0 Å². The van der Waals surface area contributed by atoms with Crippen LogP contribution in [0.25, 0.3) is 28.2 Å². The topological polar surface area (TPSA) is 122 Å². The minimum atomic E-state index is -1.57. The minimum Gasteiger partial charge on any atom is -0.295 e. The fourth-order valence-corrected chi connectivity index (χ4v) is 4.52. The number of imidazole rings is 1. The first-order chi connectivity index (χ1) is 15.3. The van der Waals surface area contributed by atoms with Crippen molar-refractivity contribution in [3.63, 3.8) is 0 Å². The molecule has 10 nitrogen and oxygen atoms in total. The van der Waals surface area contributed by atoms with Crippen LogP contribution < -0.4 is 5.76 Å². The van der Waals surface area contributed by atoms with E-state index in [9.17, 15) is 17.6 Å². The van der Waals surface area contributed by atoms with Crippen molar-refractivity contribution < 1.29 is 21.5 Å². The first kappa shape index (κ1) is 22.5. The Balaban J connectivity index is 1.92. The quantitative estimate of drug-likeness (QED) is 0.378. The maximum atomic E-state index is 13.6. The molecule has 0 bridgehead atoms. The lowest BCUT2D eigenvalue weighted by atomic mass is 10.2. The van der Waals surface area contributed by atoms with Crippen molar-refractivity contribution in [2.24, 2.45) is 0 Å². The van der Waals surface area contributed by atoms with E-state index in [4.69, 9.17) is 20.3 Å². The number of hydrogen-bond acceptors (Lipinski definition) is 8. The molecule has 3 aromatic heterocycles. The van der Waals surface area contributed by atoms with Crippen molar-refractivity contribution in [3.8, 4) is 17.1 Å². The molecule has 4 rings (SSSR count). The summed E-state index contributed by atoms with van der Waals surface area (Å²) in [5.74, 6) is -1.02. The summed E-state index contributed by atoms with van der Waals surface area (Å²) >= 11 is 4.42. The highest BCUT2D eigenvalue weighted by molar-refractivity contribution is 7.82. The lowest BCUT2D eigenvalue weighted by molar-refractivity contribution is 0.351. The SMILES string of the molecule is CS(=O)OCCc1nc2nccc(-c3noc(=O)n3-c3ccc(F)c(Cl)c3)c2n1S(C)=O. The molecule has 0 spiro atoms. The Labute approximate surface area is 190 Å². The Bertz CT molecular complexity index is 1430. The van der Waals surface area contributed by atoms with E-state index in [1.807, 2.05) is 0 Å². The third-order valence-electron chi connectivity index (χ3n) is 4.42. The average molecular weight is 500 g/mol. The summed E-state index contributed by atoms with van der Waals surface area (Å²) in [6, 6.07) is 5.29. The highest BCUT2D eigenvalue weighted by atomic mass is 35.5. The van der Waals surface area contributed by atoms with E-state index in [0.717, 1.165) is 10.6 Å². The van der Waals surface area contributed by atoms with Crippen molar-refractivity contribution in [1.82, 2.24) is 23.7 Å². The van der Waals surface area contributed by atoms with Crippen LogP contribution in [-0.4, -0.2) is 51.2 Å². The molecule has 0 aliphatic heterocycles. The van der Waals surface area contributed by atoms with Crippen molar-refractivity contribution in [2.45, 2.75) is 6.42 Å². The smallest absolute Gasteiger partial charge is 0.295 e. The number of benzene rings is 1. The number of nitrogens with zero attached hydrogens (tertiary/aromatic N) is 5. The predicted octanol–water partition coefficient (Wildman–Crippen LogP) is 2.02. The van der Waals surface area contributed by atoms with E-state index in [-0.39, 0.29) is 35.2 Å². The van der Waals surface area contributed by atoms with E-state index in [2.05, 4.69) is 15.1 Å². The molecule has 0 N–H and O–H groups in total. The second-order valence-corrected chi connectivity index (χ2v) is 9.11. The zero-order valence-corrected chi connectivity index (χ0v) is 19.0. The second-order valence-electron chi connectivity index (χ2n) is 6.46. The third kappa shape index (κ3) is 4.16. The molecule has 4 aromatic rings. The third-order valence-corrected chi connectivity index (χ3v) is 6.11. The van der Waals surface area contributed by atoms with Crippen LogP contribution in [-0.2, 0) is 32.7 Å². The van der Waals surface area contributed by atoms with Crippen LogP contribution >= 0.6 is 11.6 Å². The Hall–Kier alpha value is -2.74. The van der Waals surface area contributed by atoms with Crippen LogP contribution in [0.1, 0.15) is 5.82 Å². The monoisotopic (exact) mass is 499 g/mol. The van der Waals surface area contributed by atoms with Gasteiger partial charge in [-0.15, -0.1) is 0 Å². The molecule has 0 aliphatic rings. The van der Waals surface area contributed by atoms with E-state index >= 15 is 0 Å². The van der Waals surface area contributed by atoms with Gasteiger partial charge in [0.1, 0.15) is 28.1 Å². The fraction of sp³-hybridized carbons (Fsp3) is 0.222. The summed E-state index contributed by atoms with van der Waals surface area (Å²) in [4.78, 5) is 21.1. The number of rotatable bonds is 7. The van der Waals surface area contributed by atoms with Gasteiger partial charge in [0.15, 0.2) is 22.6 Å². The summed E-state index contributed by atoms with van der Waals surface area (Å²) in [5.41, 5.74) is 1.18. The number of hydrogen-bond donors (Lipinski definition) is 0. The summed E-state index contributed by atoms with van der Waals surface area (Å²) in [6.07, 6.45) is 4.52. The van der Waals surface area contributed by atoms with Crippen molar-refractivity contribution in [1.29, 1.82) is 0 Å². The summed E-state index contributed by atoms with van der Waals surface area (Å²) in [6.45, 7) is 0.0850. The molecule has 0 radical (unpaired) electrons. The molecule has 2 unspecified atom stereocenters. The summed E-state index contributed by atoms with van der Waals surface area (Å²) in [7, 11) is -1.57. The number of halogens is 2. The van der Waals surface area contributed by atoms with E-state index in [0.29, 0.717) is 16.9 Å². The second kappa shape index (κ2) is 9.02. The Morgan fingerprint density at radius 2 is 2.03 bits per heavy atom. The Kier molecular flexibility index (Phi) is 6.33. The molecule has 0 saturated carbocycles. The first-order valence-electron chi connectivity index (χ1n) is 8.99. The first-order valence-corrected chi connectivity index (χ1v) is 12.4. The van der Waals surface area contributed by atoms with Gasteiger partial charge in [0.25, 0.3) is 0 Å². The molecular weight excluding hydrogens is 485 g/mol. The number of aromatic nitrogens is 5. The van der Waals surface area contributed by atoms with Crippen LogP contribution in [0.5, 0.6) is 0 Å². The van der Waals surface area contributed by atoms with Gasteiger partial charge in [-0.05, 0) is 24.3 Å². The van der Waals surface area contributed by atoms with Gasteiger partial charge in [-0.1, -0.05) is 16.8 Å². The van der Waals surface area contributed by atoms with Crippen LogP contribution in [0, 0.1) is 5.82 Å². The molecule has 168 valence electrons. The van der Waals surface area contributed by atoms with Gasteiger partial charge in [-0.25, -0.2) is 36.1 Å². The lowest BCUT2D eigenvalue weighted by Crippen LogP contribution is -2.14. The number of fused-ring (bicyclic) bond motifs is 1. The summed E-state index contributed by atoms with van der Waals surface area (Å²) < 4.78 is 49.9.